The lowest BCUT2D eigenvalue weighted by Gasteiger charge is -2.07. The molecule has 2 aromatic rings. The molecule has 2 heterocycles. The van der Waals surface area contributed by atoms with Crippen LogP contribution in [0.4, 0.5) is 5.82 Å². The van der Waals surface area contributed by atoms with E-state index in [1.54, 1.807) is 6.20 Å². The van der Waals surface area contributed by atoms with Crippen LogP contribution in [-0.2, 0) is 6.54 Å². The van der Waals surface area contributed by atoms with E-state index in [9.17, 15) is 0 Å². The summed E-state index contributed by atoms with van der Waals surface area (Å²) in [6.07, 6.45) is 5.07. The molecule has 0 aliphatic carbocycles. The largest absolute Gasteiger partial charge is 0.367 e. The van der Waals surface area contributed by atoms with E-state index in [0.29, 0.717) is 22.0 Å². The molecule has 0 amide bonds. The van der Waals surface area contributed by atoms with Crippen molar-refractivity contribution >= 4 is 33.3 Å². The molecule has 0 unspecified atom stereocenters. The molecule has 0 aliphatic heterocycles. The van der Waals surface area contributed by atoms with Crippen molar-refractivity contribution in [2.75, 3.05) is 11.9 Å². The van der Waals surface area contributed by atoms with Gasteiger partial charge in [0, 0.05) is 18.9 Å². The van der Waals surface area contributed by atoms with E-state index < -0.39 is 0 Å². The number of nitrogens with zero attached hydrogens (tertiary/aromatic N) is 4. The van der Waals surface area contributed by atoms with E-state index in [1.165, 1.54) is 6.33 Å². The Hall–Kier alpha value is -1.14. The second-order valence-corrected chi connectivity index (χ2v) is 4.17. The molecule has 0 aliphatic rings. The predicted octanol–water partition coefficient (Wildman–Crippen LogP) is 2.20. The fraction of sp³-hybridized carbons (Fsp3) is 0.222. The van der Waals surface area contributed by atoms with Gasteiger partial charge in [-0.05, 0) is 22.0 Å². The number of hydrogen-bond acceptors (Lipinski definition) is 4. The molecule has 0 bridgehead atoms. The average Bonchev–Trinajstić information content (AvgIpc) is 2.77. The summed E-state index contributed by atoms with van der Waals surface area (Å²) in [5.74, 6) is 0.687. The van der Waals surface area contributed by atoms with Crippen LogP contribution in [-0.4, -0.2) is 26.3 Å². The fourth-order valence-corrected chi connectivity index (χ4v) is 1.67. The first-order valence-electron chi connectivity index (χ1n) is 4.64. The maximum absolute atomic E-state index is 5.84. The van der Waals surface area contributed by atoms with Crippen molar-refractivity contribution in [3.05, 3.63) is 34.4 Å². The van der Waals surface area contributed by atoms with Gasteiger partial charge >= 0.3 is 0 Å². The molecule has 0 spiro atoms. The van der Waals surface area contributed by atoms with Gasteiger partial charge in [0.2, 0.25) is 0 Å². The molecule has 2 aromatic heterocycles. The smallest absolute Gasteiger partial charge is 0.148 e. The van der Waals surface area contributed by atoms with E-state index in [2.05, 4.69) is 36.3 Å². The zero-order valence-corrected chi connectivity index (χ0v) is 10.6. The van der Waals surface area contributed by atoms with Gasteiger partial charge in [0.1, 0.15) is 17.3 Å². The minimum Gasteiger partial charge on any atom is -0.367 e. The van der Waals surface area contributed by atoms with Crippen LogP contribution in [0.25, 0.3) is 0 Å². The van der Waals surface area contributed by atoms with Crippen LogP contribution in [0.2, 0.25) is 5.15 Å². The van der Waals surface area contributed by atoms with Crippen LogP contribution in [0.15, 0.2) is 29.3 Å². The van der Waals surface area contributed by atoms with Gasteiger partial charge in [-0.3, -0.25) is 4.68 Å². The van der Waals surface area contributed by atoms with E-state index in [-0.39, 0.29) is 0 Å². The zero-order valence-electron chi connectivity index (χ0n) is 8.27. The zero-order chi connectivity index (χ0) is 11.4. The first kappa shape index (κ1) is 11.3. The maximum atomic E-state index is 5.84. The highest BCUT2D eigenvalue weighted by Crippen LogP contribution is 2.25. The molecular weight excluding hydrogens is 293 g/mol. The summed E-state index contributed by atoms with van der Waals surface area (Å²) in [7, 11) is 0. The number of anilines is 1. The molecule has 2 rings (SSSR count). The number of hydrogen-bond donors (Lipinski definition) is 1. The average molecular weight is 303 g/mol. The Labute approximate surface area is 106 Å². The van der Waals surface area contributed by atoms with E-state index >= 15 is 0 Å². The van der Waals surface area contributed by atoms with Crippen molar-refractivity contribution in [2.24, 2.45) is 0 Å². The summed E-state index contributed by atoms with van der Waals surface area (Å²) in [6.45, 7) is 1.48. The number of halogens is 2. The maximum Gasteiger partial charge on any atom is 0.148 e. The van der Waals surface area contributed by atoms with Gasteiger partial charge < -0.3 is 5.32 Å². The van der Waals surface area contributed by atoms with Crippen LogP contribution >= 0.6 is 27.5 Å². The monoisotopic (exact) mass is 301 g/mol. The highest BCUT2D eigenvalue weighted by molar-refractivity contribution is 9.10. The summed E-state index contributed by atoms with van der Waals surface area (Å²) in [5, 5.41) is 7.64. The summed E-state index contributed by atoms with van der Waals surface area (Å²) < 4.78 is 2.51. The summed E-state index contributed by atoms with van der Waals surface area (Å²) in [5.41, 5.74) is 0. The number of nitrogens with one attached hydrogen (secondary N) is 1. The molecule has 84 valence electrons. The van der Waals surface area contributed by atoms with Crippen LogP contribution < -0.4 is 5.32 Å². The lowest BCUT2D eigenvalue weighted by atomic mass is 10.5. The third kappa shape index (κ3) is 2.70. The van der Waals surface area contributed by atoms with Crippen molar-refractivity contribution in [3.8, 4) is 0 Å². The Morgan fingerprint density at radius 2 is 2.31 bits per heavy atom. The Kier molecular flexibility index (Phi) is 3.74. The van der Waals surface area contributed by atoms with Crippen molar-refractivity contribution in [1.29, 1.82) is 0 Å². The van der Waals surface area contributed by atoms with Gasteiger partial charge in [-0.1, -0.05) is 11.6 Å². The highest BCUT2D eigenvalue weighted by atomic mass is 79.9. The first-order chi connectivity index (χ1) is 7.77. The lowest BCUT2D eigenvalue weighted by Crippen LogP contribution is -2.12. The van der Waals surface area contributed by atoms with E-state index in [4.69, 9.17) is 11.6 Å². The van der Waals surface area contributed by atoms with Gasteiger partial charge in [0.15, 0.2) is 0 Å². The Balaban J connectivity index is 1.92. The van der Waals surface area contributed by atoms with Gasteiger partial charge in [-0.2, -0.15) is 5.10 Å². The molecule has 0 radical (unpaired) electrons. The Morgan fingerprint density at radius 3 is 3.06 bits per heavy atom. The van der Waals surface area contributed by atoms with Crippen molar-refractivity contribution < 1.29 is 0 Å². The molecule has 0 atom stereocenters. The van der Waals surface area contributed by atoms with E-state index in [0.717, 1.165) is 6.54 Å². The Morgan fingerprint density at radius 1 is 1.44 bits per heavy atom. The van der Waals surface area contributed by atoms with Crippen LogP contribution in [0.1, 0.15) is 0 Å². The molecule has 0 fully saturated rings. The molecule has 16 heavy (non-hydrogen) atoms. The molecular formula is C9H9BrClN5. The SMILES string of the molecule is Clc1ncnc(NCCn2cccn2)c1Br. The number of rotatable bonds is 4. The lowest BCUT2D eigenvalue weighted by molar-refractivity contribution is 0.637. The molecule has 5 nitrogen and oxygen atoms in total. The van der Waals surface area contributed by atoms with Gasteiger partial charge in [0.05, 0.1) is 11.0 Å². The third-order valence-corrected chi connectivity index (χ3v) is 3.21. The van der Waals surface area contributed by atoms with Crippen molar-refractivity contribution in [1.82, 2.24) is 19.7 Å². The quantitative estimate of drug-likeness (QED) is 0.880. The van der Waals surface area contributed by atoms with Crippen LogP contribution in [0.5, 0.6) is 0 Å². The minimum absolute atomic E-state index is 0.400. The van der Waals surface area contributed by atoms with Crippen molar-refractivity contribution in [3.63, 3.8) is 0 Å². The summed E-state index contributed by atoms with van der Waals surface area (Å²) in [4.78, 5) is 7.92. The fourth-order valence-electron chi connectivity index (χ4n) is 1.19. The van der Waals surface area contributed by atoms with Crippen molar-refractivity contribution in [2.45, 2.75) is 6.54 Å². The topological polar surface area (TPSA) is 55.6 Å². The van der Waals surface area contributed by atoms with Gasteiger partial charge in [-0.25, -0.2) is 9.97 Å². The van der Waals surface area contributed by atoms with Gasteiger partial charge in [-0.15, -0.1) is 0 Å². The number of aromatic nitrogens is 4. The van der Waals surface area contributed by atoms with Crippen LogP contribution in [0, 0.1) is 0 Å². The molecule has 1 N–H and O–H groups in total. The first-order valence-corrected chi connectivity index (χ1v) is 5.82. The predicted molar refractivity (Wildman–Crippen MR) is 65.5 cm³/mol. The molecule has 0 saturated heterocycles. The van der Waals surface area contributed by atoms with Crippen LogP contribution in [0.3, 0.4) is 0 Å². The van der Waals surface area contributed by atoms with E-state index in [1.807, 2.05) is 16.9 Å². The molecule has 7 heteroatoms. The second-order valence-electron chi connectivity index (χ2n) is 3.02. The highest BCUT2D eigenvalue weighted by Gasteiger charge is 2.05. The van der Waals surface area contributed by atoms with Gasteiger partial charge in [0.25, 0.3) is 0 Å². The minimum atomic E-state index is 0.400. The third-order valence-electron chi connectivity index (χ3n) is 1.94. The Bertz CT molecular complexity index is 459. The molecule has 0 aromatic carbocycles. The summed E-state index contributed by atoms with van der Waals surface area (Å²) >= 11 is 9.15. The summed E-state index contributed by atoms with van der Waals surface area (Å²) in [6, 6.07) is 1.89. The normalized spacial score (nSPS) is 10.4. The molecule has 0 saturated carbocycles. The second kappa shape index (κ2) is 5.27. The standard InChI is InChI=1S/C9H9BrClN5/c10-7-8(11)13-6-14-9(7)12-3-5-16-4-1-2-15-16/h1-2,4,6H,3,5H2,(H,12,13,14).